The van der Waals surface area contributed by atoms with E-state index in [0.29, 0.717) is 17.2 Å². The molecule has 1 aromatic heterocycles. The molecule has 1 amide bonds. The maximum atomic E-state index is 12.7. The van der Waals surface area contributed by atoms with E-state index >= 15 is 0 Å². The lowest BCUT2D eigenvalue weighted by Gasteiger charge is -2.04. The lowest BCUT2D eigenvalue weighted by Crippen LogP contribution is -2.14. The molecule has 0 radical (unpaired) electrons. The minimum atomic E-state index is -1.12. The molecule has 0 spiro atoms. The van der Waals surface area contributed by atoms with Crippen LogP contribution in [0.25, 0.3) is 0 Å². The summed E-state index contributed by atoms with van der Waals surface area (Å²) in [7, 11) is 0. The molecule has 1 heterocycles. The fourth-order valence-electron chi connectivity index (χ4n) is 1.55. The summed E-state index contributed by atoms with van der Waals surface area (Å²) in [6.45, 7) is 0. The molecule has 0 bridgehead atoms. The third-order valence-corrected chi connectivity index (χ3v) is 3.43. The number of carboxylic acids is 1. The van der Waals surface area contributed by atoms with Crippen molar-refractivity contribution in [2.24, 2.45) is 0 Å². The zero-order valence-electron chi connectivity index (χ0n) is 10.8. The summed E-state index contributed by atoms with van der Waals surface area (Å²) in [4.78, 5) is 22.3. The maximum absolute atomic E-state index is 12.7. The van der Waals surface area contributed by atoms with Crippen molar-refractivity contribution in [3.05, 3.63) is 53.7 Å². The second-order valence-corrected chi connectivity index (χ2v) is 5.10. The van der Waals surface area contributed by atoms with Crippen molar-refractivity contribution in [3.8, 4) is 0 Å². The number of carbonyl (C=O) groups is 2. The van der Waals surface area contributed by atoms with Crippen LogP contribution in [0.5, 0.6) is 0 Å². The first-order valence-electron chi connectivity index (χ1n) is 6.00. The lowest BCUT2D eigenvalue weighted by atomic mass is 10.3. The fraction of sp³-hybridized carbons (Fsp3) is 0.143. The van der Waals surface area contributed by atoms with E-state index in [-0.39, 0.29) is 23.2 Å². The molecule has 2 rings (SSSR count). The van der Waals surface area contributed by atoms with E-state index in [0.717, 1.165) is 0 Å². The topological polar surface area (TPSA) is 79.5 Å². The van der Waals surface area contributed by atoms with Crippen molar-refractivity contribution in [1.29, 1.82) is 0 Å². The number of furan rings is 1. The number of anilines is 1. The Morgan fingerprint density at radius 1 is 1.19 bits per heavy atom. The van der Waals surface area contributed by atoms with Gasteiger partial charge in [-0.1, -0.05) is 0 Å². The largest absolute Gasteiger partial charge is 0.475 e. The van der Waals surface area contributed by atoms with Crippen LogP contribution in [0.15, 0.2) is 40.8 Å². The summed E-state index contributed by atoms with van der Waals surface area (Å²) in [6.07, 6.45) is 0. The number of aromatic carboxylic acids is 1. The molecule has 0 fully saturated rings. The number of halogens is 1. The van der Waals surface area contributed by atoms with Gasteiger partial charge in [0, 0.05) is 5.69 Å². The van der Waals surface area contributed by atoms with Gasteiger partial charge in [-0.3, -0.25) is 4.79 Å². The highest BCUT2D eigenvalue weighted by molar-refractivity contribution is 7.99. The van der Waals surface area contributed by atoms with Crippen LogP contribution in [-0.4, -0.2) is 22.7 Å². The third-order valence-electron chi connectivity index (χ3n) is 2.48. The van der Waals surface area contributed by atoms with Crippen LogP contribution in [-0.2, 0) is 10.5 Å². The monoisotopic (exact) mass is 309 g/mol. The highest BCUT2D eigenvalue weighted by atomic mass is 32.2. The van der Waals surface area contributed by atoms with E-state index in [1.165, 1.54) is 42.1 Å². The van der Waals surface area contributed by atoms with Gasteiger partial charge in [-0.2, -0.15) is 0 Å². The number of carbonyl (C=O) groups excluding carboxylic acids is 1. The Kier molecular flexibility index (Phi) is 4.99. The molecular formula is C14H12FNO4S. The van der Waals surface area contributed by atoms with Crippen LogP contribution in [0.4, 0.5) is 10.1 Å². The number of carboxylic acid groups (broad SMARTS) is 1. The van der Waals surface area contributed by atoms with Gasteiger partial charge >= 0.3 is 5.97 Å². The van der Waals surface area contributed by atoms with Gasteiger partial charge in [-0.15, -0.1) is 11.8 Å². The summed E-state index contributed by atoms with van der Waals surface area (Å²) in [6, 6.07) is 8.41. The Labute approximate surface area is 124 Å². The van der Waals surface area contributed by atoms with Crippen molar-refractivity contribution < 1.29 is 23.5 Å². The van der Waals surface area contributed by atoms with Crippen LogP contribution in [0.2, 0.25) is 0 Å². The van der Waals surface area contributed by atoms with Gasteiger partial charge in [0.15, 0.2) is 0 Å². The summed E-state index contributed by atoms with van der Waals surface area (Å²) in [5.74, 6) is -0.773. The number of thioether (sulfide) groups is 1. The number of benzene rings is 1. The number of hydrogen-bond donors (Lipinski definition) is 2. The quantitative estimate of drug-likeness (QED) is 0.857. The van der Waals surface area contributed by atoms with E-state index in [1.807, 2.05) is 0 Å². The molecule has 0 aliphatic rings. The third kappa shape index (κ3) is 4.64. The maximum Gasteiger partial charge on any atom is 0.371 e. The normalized spacial score (nSPS) is 10.3. The van der Waals surface area contributed by atoms with Crippen molar-refractivity contribution in [3.63, 3.8) is 0 Å². The van der Waals surface area contributed by atoms with E-state index in [2.05, 4.69) is 5.32 Å². The average molecular weight is 309 g/mol. The van der Waals surface area contributed by atoms with Crippen LogP contribution >= 0.6 is 11.8 Å². The SMILES string of the molecule is O=C(CSCc1ccc(C(=O)O)o1)Nc1ccc(F)cc1. The molecule has 0 aliphatic heterocycles. The first-order valence-corrected chi connectivity index (χ1v) is 7.15. The Morgan fingerprint density at radius 3 is 2.52 bits per heavy atom. The van der Waals surface area contributed by atoms with E-state index < -0.39 is 5.97 Å². The number of nitrogens with one attached hydrogen (secondary N) is 1. The second kappa shape index (κ2) is 6.94. The molecule has 110 valence electrons. The smallest absolute Gasteiger partial charge is 0.371 e. The lowest BCUT2D eigenvalue weighted by molar-refractivity contribution is -0.113. The van der Waals surface area contributed by atoms with Crippen molar-refractivity contribution in [2.75, 3.05) is 11.1 Å². The second-order valence-electron chi connectivity index (χ2n) is 4.12. The molecule has 0 unspecified atom stereocenters. The Hall–Kier alpha value is -2.28. The van der Waals surface area contributed by atoms with E-state index in [9.17, 15) is 14.0 Å². The highest BCUT2D eigenvalue weighted by Crippen LogP contribution is 2.16. The molecular weight excluding hydrogens is 297 g/mol. The summed E-state index contributed by atoms with van der Waals surface area (Å²) in [5, 5.41) is 11.3. The molecule has 2 aromatic rings. The number of amides is 1. The predicted octanol–water partition coefficient (Wildman–Crippen LogP) is 2.99. The van der Waals surface area contributed by atoms with Gasteiger partial charge in [0.25, 0.3) is 0 Å². The summed E-state index contributed by atoms with van der Waals surface area (Å²) < 4.78 is 17.8. The van der Waals surface area contributed by atoms with Gasteiger partial charge < -0.3 is 14.8 Å². The molecule has 5 nitrogen and oxygen atoms in total. The van der Waals surface area contributed by atoms with Crippen molar-refractivity contribution in [1.82, 2.24) is 0 Å². The van der Waals surface area contributed by atoms with Crippen molar-refractivity contribution >= 4 is 29.3 Å². The first-order chi connectivity index (χ1) is 10.0. The molecule has 0 saturated heterocycles. The zero-order chi connectivity index (χ0) is 15.2. The van der Waals surface area contributed by atoms with Gasteiger partial charge in [-0.25, -0.2) is 9.18 Å². The molecule has 0 aliphatic carbocycles. The van der Waals surface area contributed by atoms with Crippen LogP contribution < -0.4 is 5.32 Å². The van der Waals surface area contributed by atoms with E-state index in [4.69, 9.17) is 9.52 Å². The van der Waals surface area contributed by atoms with Crippen LogP contribution in [0.3, 0.4) is 0 Å². The van der Waals surface area contributed by atoms with Crippen LogP contribution in [0.1, 0.15) is 16.3 Å². The molecule has 0 atom stereocenters. The van der Waals surface area contributed by atoms with Gasteiger partial charge in [0.05, 0.1) is 11.5 Å². The molecule has 7 heteroatoms. The first kappa shape index (κ1) is 15.1. The summed E-state index contributed by atoms with van der Waals surface area (Å²) >= 11 is 1.29. The van der Waals surface area contributed by atoms with E-state index in [1.54, 1.807) is 6.07 Å². The molecule has 0 saturated carbocycles. The van der Waals surface area contributed by atoms with Gasteiger partial charge in [0.2, 0.25) is 11.7 Å². The fourth-order valence-corrected chi connectivity index (χ4v) is 2.26. The number of hydrogen-bond acceptors (Lipinski definition) is 4. The summed E-state index contributed by atoms with van der Waals surface area (Å²) in [5.41, 5.74) is 0.521. The van der Waals surface area contributed by atoms with Crippen LogP contribution in [0, 0.1) is 5.82 Å². The number of rotatable bonds is 6. The molecule has 21 heavy (non-hydrogen) atoms. The molecule has 1 aromatic carbocycles. The molecule has 2 N–H and O–H groups in total. The Morgan fingerprint density at radius 2 is 1.90 bits per heavy atom. The van der Waals surface area contributed by atoms with Gasteiger partial charge in [0.1, 0.15) is 11.6 Å². The minimum Gasteiger partial charge on any atom is -0.475 e. The van der Waals surface area contributed by atoms with Crippen molar-refractivity contribution in [2.45, 2.75) is 5.75 Å². The standard InChI is InChI=1S/C14H12FNO4S/c15-9-1-3-10(4-2-9)16-13(17)8-21-7-11-5-6-12(20-11)14(18)19/h1-6H,7-8H2,(H,16,17)(H,18,19). The zero-order valence-corrected chi connectivity index (χ0v) is 11.7. The highest BCUT2D eigenvalue weighted by Gasteiger charge is 2.09. The minimum absolute atomic E-state index is 0.124. The Balaban J connectivity index is 1.76. The Bertz CT molecular complexity index is 639. The average Bonchev–Trinajstić information content (AvgIpc) is 2.90. The van der Waals surface area contributed by atoms with Gasteiger partial charge in [-0.05, 0) is 36.4 Å². The predicted molar refractivity (Wildman–Crippen MR) is 76.9 cm³/mol.